The highest BCUT2D eigenvalue weighted by Crippen LogP contribution is 2.25. The van der Waals surface area contributed by atoms with E-state index < -0.39 is 0 Å². The van der Waals surface area contributed by atoms with E-state index in [0.717, 1.165) is 0 Å². The Morgan fingerprint density at radius 1 is 1.64 bits per heavy atom. The molecule has 4 nitrogen and oxygen atoms in total. The van der Waals surface area contributed by atoms with Gasteiger partial charge < -0.3 is 0 Å². The maximum absolute atomic E-state index is 11.8. The van der Waals surface area contributed by atoms with E-state index in [-0.39, 0.29) is 17.5 Å². The first-order valence-corrected chi connectivity index (χ1v) is 4.71. The van der Waals surface area contributed by atoms with Crippen LogP contribution in [0.25, 0.3) is 0 Å². The van der Waals surface area contributed by atoms with Crippen LogP contribution in [0.1, 0.15) is 29.6 Å². The van der Waals surface area contributed by atoms with Crippen molar-refractivity contribution in [3.8, 4) is 0 Å². The summed E-state index contributed by atoms with van der Waals surface area (Å²) in [6.07, 6.45) is 4.92. The van der Waals surface area contributed by atoms with Gasteiger partial charge in [0.05, 0.1) is 11.8 Å². The van der Waals surface area contributed by atoms with Gasteiger partial charge in [0, 0.05) is 32.0 Å². The Bertz CT molecular complexity index is 381. The van der Waals surface area contributed by atoms with Crippen molar-refractivity contribution < 1.29 is 9.59 Å². The van der Waals surface area contributed by atoms with Crippen LogP contribution in [0.3, 0.4) is 0 Å². The van der Waals surface area contributed by atoms with Gasteiger partial charge in [-0.3, -0.25) is 14.3 Å². The third-order valence-electron chi connectivity index (χ3n) is 2.61. The highest BCUT2D eigenvalue weighted by atomic mass is 16.1. The second kappa shape index (κ2) is 3.36. The lowest BCUT2D eigenvalue weighted by atomic mass is 9.99. The Morgan fingerprint density at radius 2 is 2.43 bits per heavy atom. The molecule has 0 bridgehead atoms. The molecule has 1 aromatic heterocycles. The molecule has 1 heterocycles. The minimum Gasteiger partial charge on any atom is -0.300 e. The number of aryl methyl sites for hydroxylation is 1. The van der Waals surface area contributed by atoms with Gasteiger partial charge in [-0.05, 0) is 6.42 Å². The van der Waals surface area contributed by atoms with Gasteiger partial charge in [0.25, 0.3) is 0 Å². The van der Waals surface area contributed by atoms with Crippen molar-refractivity contribution in [2.45, 2.75) is 19.3 Å². The molecule has 1 saturated carbocycles. The minimum absolute atomic E-state index is 0.0592. The van der Waals surface area contributed by atoms with Crippen LogP contribution >= 0.6 is 0 Å². The summed E-state index contributed by atoms with van der Waals surface area (Å²) < 4.78 is 1.60. The average Bonchev–Trinajstić information content (AvgIpc) is 2.73. The van der Waals surface area contributed by atoms with Gasteiger partial charge >= 0.3 is 0 Å². The van der Waals surface area contributed by atoms with Crippen LogP contribution in [0, 0.1) is 5.92 Å². The third kappa shape index (κ3) is 1.60. The molecule has 74 valence electrons. The van der Waals surface area contributed by atoms with Gasteiger partial charge in [-0.2, -0.15) is 5.10 Å². The third-order valence-corrected chi connectivity index (χ3v) is 2.61. The van der Waals surface area contributed by atoms with E-state index >= 15 is 0 Å². The molecule has 1 aromatic rings. The average molecular weight is 192 g/mol. The monoisotopic (exact) mass is 192 g/mol. The molecular formula is C10H12N2O2. The maximum atomic E-state index is 11.8. The molecule has 0 saturated heterocycles. The van der Waals surface area contributed by atoms with Gasteiger partial charge in [0.15, 0.2) is 5.78 Å². The first-order valence-electron chi connectivity index (χ1n) is 4.71. The predicted molar refractivity (Wildman–Crippen MR) is 49.9 cm³/mol. The van der Waals surface area contributed by atoms with E-state index in [1.165, 1.54) is 0 Å². The molecule has 1 aliphatic rings. The second-order valence-electron chi connectivity index (χ2n) is 3.75. The Balaban J connectivity index is 2.12. The molecule has 1 unspecified atom stereocenters. The van der Waals surface area contributed by atoms with E-state index in [9.17, 15) is 9.59 Å². The summed E-state index contributed by atoms with van der Waals surface area (Å²) in [6.45, 7) is 0. The zero-order chi connectivity index (χ0) is 10.1. The summed E-state index contributed by atoms with van der Waals surface area (Å²) in [6, 6.07) is 0. The molecule has 0 spiro atoms. The SMILES string of the molecule is Cn1cc(C(=O)C2CCC(=O)C2)cn1. The van der Waals surface area contributed by atoms with Crippen LogP contribution in [-0.2, 0) is 11.8 Å². The van der Waals surface area contributed by atoms with Crippen molar-refractivity contribution in [3.63, 3.8) is 0 Å². The van der Waals surface area contributed by atoms with Crippen molar-refractivity contribution in [3.05, 3.63) is 18.0 Å². The van der Waals surface area contributed by atoms with Crippen molar-refractivity contribution in [1.29, 1.82) is 0 Å². The Hall–Kier alpha value is -1.45. The second-order valence-corrected chi connectivity index (χ2v) is 3.75. The number of carbonyl (C=O) groups is 2. The molecule has 1 atom stereocenters. The minimum atomic E-state index is -0.105. The molecule has 0 N–H and O–H groups in total. The summed E-state index contributed by atoms with van der Waals surface area (Å²) in [7, 11) is 1.77. The molecule has 4 heteroatoms. The molecule has 0 aromatic carbocycles. The van der Waals surface area contributed by atoms with E-state index in [4.69, 9.17) is 0 Å². The van der Waals surface area contributed by atoms with Gasteiger partial charge in [-0.1, -0.05) is 0 Å². The Labute approximate surface area is 81.9 Å². The van der Waals surface area contributed by atoms with Crippen molar-refractivity contribution in [2.24, 2.45) is 13.0 Å². The lowest BCUT2D eigenvalue weighted by molar-refractivity contribution is -0.117. The molecule has 1 aliphatic carbocycles. The Kier molecular flexibility index (Phi) is 2.19. The van der Waals surface area contributed by atoms with Gasteiger partial charge in [-0.25, -0.2) is 0 Å². The lowest BCUT2D eigenvalue weighted by Gasteiger charge is -2.03. The zero-order valence-electron chi connectivity index (χ0n) is 8.06. The van der Waals surface area contributed by atoms with E-state index in [1.807, 2.05) is 0 Å². The van der Waals surface area contributed by atoms with Crippen LogP contribution in [0.2, 0.25) is 0 Å². The first kappa shape index (κ1) is 9.12. The highest BCUT2D eigenvalue weighted by Gasteiger charge is 2.29. The summed E-state index contributed by atoms with van der Waals surface area (Å²) in [5, 5.41) is 3.94. The number of hydrogen-bond donors (Lipinski definition) is 0. The number of ketones is 2. The molecular weight excluding hydrogens is 180 g/mol. The lowest BCUT2D eigenvalue weighted by Crippen LogP contribution is -2.10. The van der Waals surface area contributed by atoms with Gasteiger partial charge in [-0.15, -0.1) is 0 Å². The Morgan fingerprint density at radius 3 is 2.93 bits per heavy atom. The molecule has 2 rings (SSSR count). The quantitative estimate of drug-likeness (QED) is 0.656. The van der Waals surface area contributed by atoms with Crippen LogP contribution in [0.15, 0.2) is 12.4 Å². The van der Waals surface area contributed by atoms with Crippen LogP contribution in [0.4, 0.5) is 0 Å². The summed E-state index contributed by atoms with van der Waals surface area (Å²) in [5.74, 6) is 0.155. The van der Waals surface area contributed by atoms with Crippen LogP contribution < -0.4 is 0 Å². The first-order chi connectivity index (χ1) is 6.66. The number of Topliss-reactive ketones (excluding diaryl/α,β-unsaturated/α-hetero) is 2. The fraction of sp³-hybridized carbons (Fsp3) is 0.500. The topological polar surface area (TPSA) is 52.0 Å². The molecule has 0 aliphatic heterocycles. The maximum Gasteiger partial charge on any atom is 0.169 e. The molecule has 0 amide bonds. The van der Waals surface area contributed by atoms with Crippen LogP contribution in [-0.4, -0.2) is 21.3 Å². The van der Waals surface area contributed by atoms with E-state index in [0.29, 0.717) is 24.8 Å². The van der Waals surface area contributed by atoms with Crippen molar-refractivity contribution in [2.75, 3.05) is 0 Å². The van der Waals surface area contributed by atoms with Crippen LogP contribution in [0.5, 0.6) is 0 Å². The predicted octanol–water partition coefficient (Wildman–Crippen LogP) is 0.972. The number of aromatic nitrogens is 2. The number of rotatable bonds is 2. The van der Waals surface area contributed by atoms with E-state index in [1.54, 1.807) is 24.1 Å². The number of carbonyl (C=O) groups excluding carboxylic acids is 2. The summed E-state index contributed by atoms with van der Waals surface area (Å²) in [5.41, 5.74) is 0.618. The van der Waals surface area contributed by atoms with Gasteiger partial charge in [0.2, 0.25) is 0 Å². The summed E-state index contributed by atoms with van der Waals surface area (Å²) >= 11 is 0. The fourth-order valence-corrected chi connectivity index (χ4v) is 1.82. The molecule has 0 radical (unpaired) electrons. The fourth-order valence-electron chi connectivity index (χ4n) is 1.82. The normalized spacial score (nSPS) is 21.5. The van der Waals surface area contributed by atoms with Crippen molar-refractivity contribution >= 4 is 11.6 Å². The molecule has 14 heavy (non-hydrogen) atoms. The molecule has 1 fully saturated rings. The zero-order valence-corrected chi connectivity index (χ0v) is 8.06. The smallest absolute Gasteiger partial charge is 0.169 e. The van der Waals surface area contributed by atoms with Crippen molar-refractivity contribution in [1.82, 2.24) is 9.78 Å². The number of hydrogen-bond acceptors (Lipinski definition) is 3. The largest absolute Gasteiger partial charge is 0.300 e. The standard InChI is InChI=1S/C10H12N2O2/c1-12-6-8(5-11-12)10(14)7-2-3-9(13)4-7/h5-7H,2-4H2,1H3. The highest BCUT2D eigenvalue weighted by molar-refractivity contribution is 6.01. The summed E-state index contributed by atoms with van der Waals surface area (Å²) in [4.78, 5) is 22.8. The van der Waals surface area contributed by atoms with E-state index in [2.05, 4.69) is 5.10 Å². The van der Waals surface area contributed by atoms with Gasteiger partial charge in [0.1, 0.15) is 5.78 Å². The number of nitrogens with zero attached hydrogens (tertiary/aromatic N) is 2.